The predicted octanol–water partition coefficient (Wildman–Crippen LogP) is 3.27. The van der Waals surface area contributed by atoms with Crippen LogP contribution in [-0.4, -0.2) is 41.5 Å². The van der Waals surface area contributed by atoms with Crippen LogP contribution in [0.4, 0.5) is 0 Å². The SMILES string of the molecule is CN(C)Cc1cccc(C(C)(C)C)c1O.[Al+3].[CH3-].[CH3-]. The van der Waals surface area contributed by atoms with E-state index in [-0.39, 0.29) is 37.6 Å². The summed E-state index contributed by atoms with van der Waals surface area (Å²) < 4.78 is 0. The molecule has 0 aliphatic rings. The van der Waals surface area contributed by atoms with E-state index in [1.807, 2.05) is 32.3 Å². The van der Waals surface area contributed by atoms with Gasteiger partial charge in [0.25, 0.3) is 0 Å². The van der Waals surface area contributed by atoms with Crippen LogP contribution in [0, 0.1) is 14.9 Å². The first kappa shape index (κ1) is 22.7. The second kappa shape index (κ2) is 8.59. The van der Waals surface area contributed by atoms with E-state index < -0.39 is 0 Å². The molecule has 0 aliphatic heterocycles. The van der Waals surface area contributed by atoms with Crippen LogP contribution in [0.25, 0.3) is 0 Å². The van der Waals surface area contributed by atoms with E-state index in [4.69, 9.17) is 0 Å². The van der Waals surface area contributed by atoms with Gasteiger partial charge in [-0.1, -0.05) is 39.0 Å². The van der Waals surface area contributed by atoms with Gasteiger partial charge in [0.15, 0.2) is 0 Å². The third-order valence-electron chi connectivity index (χ3n) is 2.41. The summed E-state index contributed by atoms with van der Waals surface area (Å²) in [6.45, 7) is 7.11. The Morgan fingerprint density at radius 3 is 2.00 bits per heavy atom. The van der Waals surface area contributed by atoms with Crippen LogP contribution in [0.1, 0.15) is 31.9 Å². The fourth-order valence-corrected chi connectivity index (χ4v) is 1.66. The summed E-state index contributed by atoms with van der Waals surface area (Å²) >= 11 is 0. The van der Waals surface area contributed by atoms with Gasteiger partial charge in [0.05, 0.1) is 0 Å². The molecular formula is C15H27AlNO+. The minimum Gasteiger partial charge on any atom is -0.507 e. The molecule has 0 aliphatic carbocycles. The van der Waals surface area contributed by atoms with E-state index in [2.05, 4.69) is 25.7 Å². The summed E-state index contributed by atoms with van der Waals surface area (Å²) in [4.78, 5) is 2.06. The standard InChI is InChI=1S/C13H21NO.2CH3.Al/c1-13(2,3)11-8-6-7-10(12(11)15)9-14(4)5;;;/h6-8,15H,9H2,1-5H3;2*1H3;/q;2*-1;+3. The van der Waals surface area contributed by atoms with Gasteiger partial charge in [-0.05, 0) is 25.1 Å². The minimum atomic E-state index is -0.00753. The van der Waals surface area contributed by atoms with Gasteiger partial charge >= 0.3 is 17.4 Å². The fraction of sp³-hybridized carbons (Fsp3) is 0.467. The zero-order valence-corrected chi connectivity index (χ0v) is 14.1. The number of hydrogen-bond donors (Lipinski definition) is 1. The van der Waals surface area contributed by atoms with Crippen LogP contribution in [0.5, 0.6) is 5.75 Å². The molecule has 0 atom stereocenters. The van der Waals surface area contributed by atoms with Gasteiger partial charge in [0, 0.05) is 12.1 Å². The zero-order chi connectivity index (χ0) is 11.6. The molecule has 3 heteroatoms. The molecule has 0 aromatic heterocycles. The molecule has 1 rings (SSSR count). The number of aromatic hydroxyl groups is 1. The molecule has 0 fully saturated rings. The molecule has 0 spiro atoms. The molecule has 0 unspecified atom stereocenters. The second-order valence-corrected chi connectivity index (χ2v) is 5.30. The van der Waals surface area contributed by atoms with Crippen LogP contribution in [0.3, 0.4) is 0 Å². The van der Waals surface area contributed by atoms with Crippen molar-refractivity contribution in [3.05, 3.63) is 44.2 Å². The smallest absolute Gasteiger partial charge is 0.507 e. The predicted molar refractivity (Wildman–Crippen MR) is 82.8 cm³/mol. The molecule has 0 amide bonds. The monoisotopic (exact) mass is 264 g/mol. The molecule has 0 saturated heterocycles. The molecule has 0 radical (unpaired) electrons. The number of benzene rings is 1. The Morgan fingerprint density at radius 2 is 1.61 bits per heavy atom. The molecule has 1 N–H and O–H groups in total. The van der Waals surface area contributed by atoms with Crippen LogP contribution in [-0.2, 0) is 12.0 Å². The number of nitrogens with zero attached hydrogens (tertiary/aromatic N) is 1. The summed E-state index contributed by atoms with van der Waals surface area (Å²) in [6.07, 6.45) is 0. The van der Waals surface area contributed by atoms with Gasteiger partial charge in [0.2, 0.25) is 0 Å². The van der Waals surface area contributed by atoms with Crippen molar-refractivity contribution in [3.8, 4) is 5.75 Å². The Balaban J connectivity index is -0.000000750. The van der Waals surface area contributed by atoms with Crippen molar-refractivity contribution in [3.63, 3.8) is 0 Å². The largest absolute Gasteiger partial charge is 3.00 e. The zero-order valence-electron chi connectivity index (χ0n) is 12.9. The number of para-hydroxylation sites is 1. The van der Waals surface area contributed by atoms with E-state index in [1.165, 1.54) is 0 Å². The van der Waals surface area contributed by atoms with Gasteiger partial charge in [0.1, 0.15) is 5.75 Å². The molecular weight excluding hydrogens is 237 g/mol. The molecule has 0 heterocycles. The fourth-order valence-electron chi connectivity index (χ4n) is 1.66. The minimum absolute atomic E-state index is 0. The third-order valence-corrected chi connectivity index (χ3v) is 2.41. The maximum absolute atomic E-state index is 10.1. The van der Waals surface area contributed by atoms with Crippen molar-refractivity contribution < 1.29 is 5.11 Å². The summed E-state index contributed by atoms with van der Waals surface area (Å²) in [5, 5.41) is 10.1. The Labute approximate surface area is 124 Å². The van der Waals surface area contributed by atoms with E-state index in [1.54, 1.807) is 0 Å². The normalized spacial score (nSPS) is 10.1. The van der Waals surface area contributed by atoms with Crippen molar-refractivity contribution in [2.45, 2.75) is 32.7 Å². The molecule has 2 nitrogen and oxygen atoms in total. The number of phenols is 1. The maximum atomic E-state index is 10.1. The van der Waals surface area contributed by atoms with Crippen LogP contribution in [0.15, 0.2) is 18.2 Å². The van der Waals surface area contributed by atoms with Gasteiger partial charge in [-0.15, -0.1) is 0 Å². The average molecular weight is 264 g/mol. The molecule has 1 aromatic rings. The van der Waals surface area contributed by atoms with Crippen LogP contribution < -0.4 is 0 Å². The first-order valence-corrected chi connectivity index (χ1v) is 5.28. The quantitative estimate of drug-likeness (QED) is 0.654. The van der Waals surface area contributed by atoms with Crippen molar-refractivity contribution in [1.82, 2.24) is 4.90 Å². The van der Waals surface area contributed by atoms with Gasteiger partial charge in [-0.25, -0.2) is 0 Å². The third kappa shape index (κ3) is 5.91. The first-order valence-electron chi connectivity index (χ1n) is 5.28. The van der Waals surface area contributed by atoms with E-state index >= 15 is 0 Å². The Kier molecular flexibility index (Phi) is 10.8. The molecule has 100 valence electrons. The van der Waals surface area contributed by atoms with Crippen molar-refractivity contribution in [2.24, 2.45) is 0 Å². The topological polar surface area (TPSA) is 23.5 Å². The molecule has 0 bridgehead atoms. The summed E-state index contributed by atoms with van der Waals surface area (Å²) in [6, 6.07) is 5.98. The van der Waals surface area contributed by atoms with E-state index in [0.717, 1.165) is 17.7 Å². The van der Waals surface area contributed by atoms with Crippen LogP contribution >= 0.6 is 0 Å². The number of hydrogen-bond acceptors (Lipinski definition) is 2. The Bertz CT molecular complexity index is 343. The van der Waals surface area contributed by atoms with E-state index in [9.17, 15) is 5.11 Å². The maximum Gasteiger partial charge on any atom is 3.00 e. The van der Waals surface area contributed by atoms with Crippen LogP contribution in [0.2, 0.25) is 0 Å². The van der Waals surface area contributed by atoms with E-state index in [0.29, 0.717) is 5.75 Å². The first-order chi connectivity index (χ1) is 6.82. The van der Waals surface area contributed by atoms with Crippen molar-refractivity contribution in [1.29, 1.82) is 0 Å². The summed E-state index contributed by atoms with van der Waals surface area (Å²) in [5.41, 5.74) is 2.00. The van der Waals surface area contributed by atoms with Gasteiger partial charge in [-0.2, -0.15) is 0 Å². The second-order valence-electron chi connectivity index (χ2n) is 5.30. The average Bonchev–Trinajstić information content (AvgIpc) is 2.05. The number of rotatable bonds is 2. The summed E-state index contributed by atoms with van der Waals surface area (Å²) in [5.74, 6) is 0.443. The van der Waals surface area contributed by atoms with Gasteiger partial charge < -0.3 is 24.9 Å². The van der Waals surface area contributed by atoms with Crippen molar-refractivity contribution >= 4 is 17.4 Å². The van der Waals surface area contributed by atoms with Crippen molar-refractivity contribution in [2.75, 3.05) is 14.1 Å². The number of phenolic OH excluding ortho intramolecular Hbond substituents is 1. The molecule has 18 heavy (non-hydrogen) atoms. The Hall–Kier alpha value is -0.488. The summed E-state index contributed by atoms with van der Waals surface area (Å²) in [7, 11) is 4.01. The Morgan fingerprint density at radius 1 is 1.11 bits per heavy atom. The molecule has 0 saturated carbocycles. The molecule has 1 aromatic carbocycles. The van der Waals surface area contributed by atoms with Gasteiger partial charge in [-0.3, -0.25) is 0 Å².